The molecule has 0 aliphatic carbocycles. The molecule has 0 radical (unpaired) electrons. The minimum Gasteiger partial charge on any atom is -0.336 e. The molecule has 2 nitrogen and oxygen atoms in total. The zero-order valence-corrected chi connectivity index (χ0v) is 13.0. The third-order valence-electron chi connectivity index (χ3n) is 3.51. The third-order valence-corrected chi connectivity index (χ3v) is 4.18. The van der Waals surface area contributed by atoms with Crippen LogP contribution >= 0.6 is 27.5 Å². The van der Waals surface area contributed by atoms with Crippen molar-refractivity contribution in [3.63, 3.8) is 0 Å². The normalized spacial score (nSPS) is 24.1. The minimum atomic E-state index is 0.0811. The van der Waals surface area contributed by atoms with Crippen molar-refractivity contribution < 1.29 is 4.79 Å². The summed E-state index contributed by atoms with van der Waals surface area (Å²) in [6.45, 7) is 5.20. The zero-order valence-electron chi connectivity index (χ0n) is 10.6. The molecule has 1 heterocycles. The van der Waals surface area contributed by atoms with E-state index >= 15 is 0 Å². The van der Waals surface area contributed by atoms with E-state index in [0.717, 1.165) is 23.9 Å². The van der Waals surface area contributed by atoms with Gasteiger partial charge in [-0.1, -0.05) is 34.5 Å². The fourth-order valence-corrected chi connectivity index (χ4v) is 3.41. The predicted octanol–water partition coefficient (Wildman–Crippen LogP) is 4.36. The van der Waals surface area contributed by atoms with Gasteiger partial charge in [-0.15, -0.1) is 0 Å². The first kappa shape index (κ1) is 13.9. The van der Waals surface area contributed by atoms with Gasteiger partial charge in [0.15, 0.2) is 0 Å². The number of amides is 1. The number of carbonyl (C=O) groups is 1. The molecule has 1 aliphatic rings. The number of halogens is 2. The Labute approximate surface area is 121 Å². The molecule has 1 saturated heterocycles. The highest BCUT2D eigenvalue weighted by Crippen LogP contribution is 2.26. The molecule has 1 aliphatic heterocycles. The van der Waals surface area contributed by atoms with Gasteiger partial charge in [0.2, 0.25) is 0 Å². The average Bonchev–Trinajstić information content (AvgIpc) is 2.26. The van der Waals surface area contributed by atoms with Crippen molar-refractivity contribution >= 4 is 33.4 Å². The second-order valence-electron chi connectivity index (χ2n) is 5.14. The number of carbonyl (C=O) groups excluding carboxylic acids is 1. The summed E-state index contributed by atoms with van der Waals surface area (Å²) in [5, 5.41) is 0.589. The summed E-state index contributed by atoms with van der Waals surface area (Å²) in [6, 6.07) is 5.66. The summed E-state index contributed by atoms with van der Waals surface area (Å²) in [4.78, 5) is 14.4. The van der Waals surface area contributed by atoms with Crippen molar-refractivity contribution in [2.24, 2.45) is 5.92 Å². The molecule has 4 heteroatoms. The van der Waals surface area contributed by atoms with E-state index in [4.69, 9.17) is 11.6 Å². The Bertz CT molecular complexity index is 443. The molecule has 0 bridgehead atoms. The van der Waals surface area contributed by atoms with Crippen LogP contribution in [0.2, 0.25) is 5.02 Å². The Balaban J connectivity index is 2.20. The molecular weight excluding hydrogens is 314 g/mol. The number of likely N-dealkylation sites (tertiary alicyclic amines) is 1. The Morgan fingerprint density at radius 3 is 2.72 bits per heavy atom. The van der Waals surface area contributed by atoms with Crippen LogP contribution < -0.4 is 0 Å². The summed E-state index contributed by atoms with van der Waals surface area (Å²) in [6.07, 6.45) is 2.16. The maximum atomic E-state index is 12.5. The maximum Gasteiger partial charge on any atom is 0.254 e. The highest BCUT2D eigenvalue weighted by molar-refractivity contribution is 9.10. The number of benzene rings is 1. The number of hydrogen-bond acceptors (Lipinski definition) is 1. The molecule has 1 fully saturated rings. The summed E-state index contributed by atoms with van der Waals surface area (Å²) in [5.41, 5.74) is 0.663. The minimum absolute atomic E-state index is 0.0811. The second-order valence-corrected chi connectivity index (χ2v) is 6.49. The first-order valence-corrected chi connectivity index (χ1v) is 7.41. The van der Waals surface area contributed by atoms with Gasteiger partial charge in [-0.25, -0.2) is 0 Å². The molecule has 2 unspecified atom stereocenters. The van der Waals surface area contributed by atoms with Gasteiger partial charge in [0, 0.05) is 27.6 Å². The van der Waals surface area contributed by atoms with Crippen LogP contribution in [0.1, 0.15) is 37.0 Å². The van der Waals surface area contributed by atoms with Crippen molar-refractivity contribution in [3.8, 4) is 0 Å². The van der Waals surface area contributed by atoms with Crippen LogP contribution in [0.5, 0.6) is 0 Å². The molecule has 2 rings (SSSR count). The van der Waals surface area contributed by atoms with Crippen LogP contribution in [-0.4, -0.2) is 23.4 Å². The molecule has 0 spiro atoms. The number of piperidine rings is 1. The lowest BCUT2D eigenvalue weighted by Crippen LogP contribution is -2.44. The quantitative estimate of drug-likeness (QED) is 0.749. The van der Waals surface area contributed by atoms with Crippen molar-refractivity contribution in [2.75, 3.05) is 6.54 Å². The lowest BCUT2D eigenvalue weighted by Gasteiger charge is -2.36. The van der Waals surface area contributed by atoms with Gasteiger partial charge >= 0.3 is 0 Å². The third kappa shape index (κ3) is 3.07. The van der Waals surface area contributed by atoms with Gasteiger partial charge in [-0.3, -0.25) is 4.79 Å². The standard InChI is InChI=1S/C14H17BrClNO/c1-9-3-4-17(10(2)5-9)14(18)11-6-12(15)8-13(16)7-11/h6-10H,3-5H2,1-2H3. The molecule has 0 N–H and O–H groups in total. The fraction of sp³-hybridized carbons (Fsp3) is 0.500. The summed E-state index contributed by atoms with van der Waals surface area (Å²) >= 11 is 9.37. The maximum absolute atomic E-state index is 12.5. The van der Waals surface area contributed by atoms with E-state index in [9.17, 15) is 4.79 Å². The lowest BCUT2D eigenvalue weighted by molar-refractivity contribution is 0.0588. The topological polar surface area (TPSA) is 20.3 Å². The van der Waals surface area contributed by atoms with Crippen molar-refractivity contribution in [2.45, 2.75) is 32.7 Å². The fourth-order valence-electron chi connectivity index (χ4n) is 2.55. The number of rotatable bonds is 1. The molecule has 18 heavy (non-hydrogen) atoms. The van der Waals surface area contributed by atoms with Gasteiger partial charge in [0.25, 0.3) is 5.91 Å². The van der Waals surface area contributed by atoms with Gasteiger partial charge in [0.05, 0.1) is 0 Å². The van der Waals surface area contributed by atoms with Gasteiger partial charge < -0.3 is 4.90 Å². The van der Waals surface area contributed by atoms with E-state index in [0.29, 0.717) is 22.5 Å². The van der Waals surface area contributed by atoms with Crippen LogP contribution in [-0.2, 0) is 0 Å². The second kappa shape index (κ2) is 5.62. The SMILES string of the molecule is CC1CCN(C(=O)c2cc(Cl)cc(Br)c2)C(C)C1. The van der Waals surface area contributed by atoms with E-state index in [1.54, 1.807) is 12.1 Å². The van der Waals surface area contributed by atoms with E-state index in [-0.39, 0.29) is 5.91 Å². The van der Waals surface area contributed by atoms with E-state index in [2.05, 4.69) is 29.8 Å². The molecule has 1 aromatic carbocycles. The molecular formula is C14H17BrClNO. The number of hydrogen-bond donors (Lipinski definition) is 0. The van der Waals surface area contributed by atoms with Crippen molar-refractivity contribution in [1.29, 1.82) is 0 Å². The molecule has 1 aromatic rings. The smallest absolute Gasteiger partial charge is 0.254 e. The average molecular weight is 331 g/mol. The molecule has 98 valence electrons. The summed E-state index contributed by atoms with van der Waals surface area (Å²) in [5.74, 6) is 0.785. The first-order valence-electron chi connectivity index (χ1n) is 6.24. The van der Waals surface area contributed by atoms with Crippen molar-refractivity contribution in [1.82, 2.24) is 4.90 Å². The van der Waals surface area contributed by atoms with Crippen LogP contribution in [0, 0.1) is 5.92 Å². The van der Waals surface area contributed by atoms with Crippen LogP contribution in [0.15, 0.2) is 22.7 Å². The summed E-state index contributed by atoms with van der Waals surface area (Å²) < 4.78 is 0.844. The van der Waals surface area contributed by atoms with Crippen LogP contribution in [0.25, 0.3) is 0 Å². The van der Waals surface area contributed by atoms with Gasteiger partial charge in [-0.05, 0) is 43.9 Å². The van der Waals surface area contributed by atoms with Gasteiger partial charge in [0.1, 0.15) is 0 Å². The zero-order chi connectivity index (χ0) is 13.3. The van der Waals surface area contributed by atoms with Crippen molar-refractivity contribution in [3.05, 3.63) is 33.3 Å². The lowest BCUT2D eigenvalue weighted by atomic mass is 9.93. The highest BCUT2D eigenvalue weighted by Gasteiger charge is 2.27. The van der Waals surface area contributed by atoms with Crippen LogP contribution in [0.4, 0.5) is 0 Å². The molecule has 1 amide bonds. The predicted molar refractivity (Wildman–Crippen MR) is 78.0 cm³/mol. The largest absolute Gasteiger partial charge is 0.336 e. The Hall–Kier alpha value is -0.540. The van der Waals surface area contributed by atoms with E-state index < -0.39 is 0 Å². The van der Waals surface area contributed by atoms with E-state index in [1.165, 1.54) is 0 Å². The monoisotopic (exact) mass is 329 g/mol. The highest BCUT2D eigenvalue weighted by atomic mass is 79.9. The first-order chi connectivity index (χ1) is 8.47. The molecule has 0 aromatic heterocycles. The number of nitrogens with zero attached hydrogens (tertiary/aromatic N) is 1. The Morgan fingerprint density at radius 1 is 1.39 bits per heavy atom. The summed E-state index contributed by atoms with van der Waals surface area (Å²) in [7, 11) is 0. The van der Waals surface area contributed by atoms with Crippen LogP contribution in [0.3, 0.4) is 0 Å². The molecule has 2 atom stereocenters. The Morgan fingerprint density at radius 2 is 2.11 bits per heavy atom. The van der Waals surface area contributed by atoms with Gasteiger partial charge in [-0.2, -0.15) is 0 Å². The Kier molecular flexibility index (Phi) is 4.33. The van der Waals surface area contributed by atoms with E-state index in [1.807, 2.05) is 11.0 Å². The molecule has 0 saturated carbocycles.